The number of para-hydroxylation sites is 1. The minimum atomic E-state index is -0.0451. The Balaban J connectivity index is 1.16. The molecular weight excluding hydrogens is 719 g/mol. The number of fused-ring (bicyclic) bond motifs is 9. The lowest BCUT2D eigenvalue weighted by Gasteiger charge is -2.28. The van der Waals surface area contributed by atoms with E-state index in [4.69, 9.17) is 9.15 Å². The fraction of sp³-hybridized carbons (Fsp3) is 0.148. The first-order chi connectivity index (χ1) is 28.4. The van der Waals surface area contributed by atoms with Crippen molar-refractivity contribution in [3.05, 3.63) is 168 Å². The van der Waals surface area contributed by atoms with Gasteiger partial charge in [0, 0.05) is 66.9 Å². The molecule has 7 aromatic carbocycles. The summed E-state index contributed by atoms with van der Waals surface area (Å²) in [7, 11) is 2.38. The largest absolute Gasteiger partial charge is 0.456 e. The van der Waals surface area contributed by atoms with Gasteiger partial charge in [0.05, 0.1) is 5.52 Å². The van der Waals surface area contributed by atoms with Crippen LogP contribution < -0.4 is 21.0 Å². The van der Waals surface area contributed by atoms with E-state index in [-0.39, 0.29) is 10.8 Å². The Morgan fingerprint density at radius 2 is 1.36 bits per heavy atom. The van der Waals surface area contributed by atoms with Crippen LogP contribution in [0.5, 0.6) is 5.75 Å². The second-order valence-corrected chi connectivity index (χ2v) is 18.2. The molecule has 285 valence electrons. The third kappa shape index (κ3) is 5.67. The van der Waals surface area contributed by atoms with Crippen LogP contribution in [0.3, 0.4) is 0 Å². The van der Waals surface area contributed by atoms with Crippen LogP contribution in [0.4, 0.5) is 11.4 Å². The monoisotopic (exact) mass is 763 g/mol. The van der Waals surface area contributed by atoms with Gasteiger partial charge in [-0.25, -0.2) is 0 Å². The van der Waals surface area contributed by atoms with Crippen molar-refractivity contribution in [2.45, 2.75) is 52.4 Å². The number of hydrogen-bond acceptors (Lipinski definition) is 3. The van der Waals surface area contributed by atoms with Crippen molar-refractivity contribution >= 4 is 84.7 Å². The molecule has 0 spiro atoms. The lowest BCUT2D eigenvalue weighted by Crippen LogP contribution is -2.37. The molecule has 2 aliphatic heterocycles. The molecule has 4 nitrogen and oxygen atoms in total. The second kappa shape index (κ2) is 12.6. The van der Waals surface area contributed by atoms with Crippen LogP contribution >= 0.6 is 0 Å². The summed E-state index contributed by atoms with van der Waals surface area (Å²) in [5.74, 6) is 1.60. The van der Waals surface area contributed by atoms with Crippen molar-refractivity contribution in [2.24, 2.45) is 0 Å². The molecule has 0 fully saturated rings. The summed E-state index contributed by atoms with van der Waals surface area (Å²) in [5, 5.41) is 8.37. The molecule has 1 N–H and O–H groups in total. The highest BCUT2D eigenvalue weighted by molar-refractivity contribution is 6.73. The topological polar surface area (TPSA) is 39.3 Å². The van der Waals surface area contributed by atoms with Crippen LogP contribution in [0.25, 0.3) is 71.9 Å². The molecule has 59 heavy (non-hydrogen) atoms. The van der Waals surface area contributed by atoms with Gasteiger partial charge in [-0.2, -0.15) is 0 Å². The molecule has 11 rings (SSSR count). The fourth-order valence-corrected chi connectivity index (χ4v) is 9.04. The summed E-state index contributed by atoms with van der Waals surface area (Å²) in [6, 6.07) is 48.0. The number of rotatable bonds is 4. The quantitative estimate of drug-likeness (QED) is 0.182. The Labute approximate surface area is 345 Å². The molecule has 5 heteroatoms. The molecule has 2 aromatic heterocycles. The maximum absolute atomic E-state index is 6.73. The molecule has 0 amide bonds. The average molecular weight is 764 g/mol. The lowest BCUT2D eigenvalue weighted by molar-refractivity contribution is 0.509. The van der Waals surface area contributed by atoms with E-state index in [2.05, 4.69) is 181 Å². The maximum atomic E-state index is 6.73. The van der Waals surface area contributed by atoms with Crippen LogP contribution in [-0.2, 0) is 10.8 Å². The van der Waals surface area contributed by atoms with Crippen molar-refractivity contribution in [3.63, 3.8) is 0 Å². The first kappa shape index (κ1) is 35.4. The first-order valence-corrected chi connectivity index (χ1v) is 20.5. The predicted octanol–water partition coefficient (Wildman–Crippen LogP) is 13.1. The van der Waals surface area contributed by atoms with Gasteiger partial charge >= 0.3 is 0 Å². The Bertz CT molecular complexity index is 3260. The zero-order valence-electron chi connectivity index (χ0n) is 34.3. The van der Waals surface area contributed by atoms with E-state index in [0.29, 0.717) is 0 Å². The number of benzene rings is 7. The van der Waals surface area contributed by atoms with Crippen LogP contribution in [-0.4, -0.2) is 11.8 Å². The summed E-state index contributed by atoms with van der Waals surface area (Å²) in [6.45, 7) is 18.2. The molecule has 0 aliphatic carbocycles. The highest BCUT2D eigenvalue weighted by atomic mass is 16.5. The molecular formula is C54H44BN2O2. The molecule has 0 bridgehead atoms. The minimum Gasteiger partial charge on any atom is -0.456 e. The van der Waals surface area contributed by atoms with Gasteiger partial charge in [-0.3, -0.25) is 0 Å². The van der Waals surface area contributed by atoms with Crippen LogP contribution in [0.1, 0.15) is 63.8 Å². The number of nitrogens with zero attached hydrogens (tertiary/aromatic N) is 1. The summed E-state index contributed by atoms with van der Waals surface area (Å²) in [5.41, 5.74) is 17.4. The highest BCUT2D eigenvalue weighted by Crippen LogP contribution is 2.44. The van der Waals surface area contributed by atoms with Crippen molar-refractivity contribution < 1.29 is 9.15 Å². The maximum Gasteiger partial charge on any atom is 0.197 e. The molecule has 4 heterocycles. The van der Waals surface area contributed by atoms with Gasteiger partial charge in [-0.05, 0) is 87.1 Å². The van der Waals surface area contributed by atoms with Crippen molar-refractivity contribution in [1.29, 1.82) is 0 Å². The predicted molar refractivity (Wildman–Crippen MR) is 250 cm³/mol. The summed E-state index contributed by atoms with van der Waals surface area (Å²) < 4.78 is 15.7. The van der Waals surface area contributed by atoms with E-state index in [1.54, 1.807) is 0 Å². The number of hydrogen-bond donors (Lipinski definition) is 1. The summed E-state index contributed by atoms with van der Waals surface area (Å²) in [4.78, 5) is 0. The first-order valence-electron chi connectivity index (χ1n) is 20.5. The number of ether oxygens (including phenoxy) is 1. The number of anilines is 2. The Kier molecular flexibility index (Phi) is 7.59. The zero-order chi connectivity index (χ0) is 40.4. The molecule has 2 aliphatic rings. The standard InChI is InChI=1S/C54H44BN2O2/c1-31-25-48(32-13-9-8-10-14-32)59-50-30-46-43(27-39(31)50)55-51-37(40-26-34(54(5,6)7)19-24-44(40)56-35-20-17-33(18-21-35)53(2,3)4)22-23-38-41-29-49-42(28-45(41)57(46)52(38)51)36-15-11-12-16-47(36)58-49/h8-30,56H,1H2,2-7H3. The van der Waals surface area contributed by atoms with Gasteiger partial charge in [-0.1, -0.05) is 139 Å². The Morgan fingerprint density at radius 3 is 2.14 bits per heavy atom. The average Bonchev–Trinajstić information content (AvgIpc) is 3.75. The molecule has 1 radical (unpaired) electrons. The SMILES string of the molecule is C=C1C=C(c2ccccc2)Oc2cc3c(cc21)[B]c1c(-c2cc(C(C)(C)C)ccc2Nc2ccc(C(C)(C)C)cc2)ccc2c4cc5oc6ccccc6c5cc4n-3c12. The van der Waals surface area contributed by atoms with Gasteiger partial charge in [-0.15, -0.1) is 0 Å². The summed E-state index contributed by atoms with van der Waals surface area (Å²) in [6.07, 6.45) is 2.06. The van der Waals surface area contributed by atoms with E-state index >= 15 is 0 Å². The smallest absolute Gasteiger partial charge is 0.197 e. The van der Waals surface area contributed by atoms with Gasteiger partial charge in [0.15, 0.2) is 7.28 Å². The number of allylic oxidation sites excluding steroid dienone is 2. The molecule has 0 unspecified atom stereocenters. The van der Waals surface area contributed by atoms with E-state index < -0.39 is 0 Å². The molecule has 0 atom stereocenters. The zero-order valence-corrected chi connectivity index (χ0v) is 34.3. The number of furan rings is 1. The summed E-state index contributed by atoms with van der Waals surface area (Å²) >= 11 is 0. The van der Waals surface area contributed by atoms with Crippen LogP contribution in [0.15, 0.2) is 151 Å². The Hall–Kier alpha value is -6.72. The van der Waals surface area contributed by atoms with E-state index in [1.807, 2.05) is 24.3 Å². The van der Waals surface area contributed by atoms with Crippen molar-refractivity contribution in [2.75, 3.05) is 5.32 Å². The molecule has 9 aromatic rings. The third-order valence-electron chi connectivity index (χ3n) is 12.3. The van der Waals surface area contributed by atoms with Gasteiger partial charge in [0.2, 0.25) is 0 Å². The van der Waals surface area contributed by atoms with Gasteiger partial charge in [0.25, 0.3) is 0 Å². The van der Waals surface area contributed by atoms with Crippen molar-refractivity contribution in [1.82, 2.24) is 4.57 Å². The normalized spacial score (nSPS) is 13.7. The Morgan fingerprint density at radius 1 is 0.610 bits per heavy atom. The number of nitrogens with one attached hydrogen (secondary N) is 1. The lowest BCUT2D eigenvalue weighted by atomic mass is 9.58. The van der Waals surface area contributed by atoms with E-state index in [1.165, 1.54) is 27.5 Å². The van der Waals surface area contributed by atoms with Crippen LogP contribution in [0, 0.1) is 0 Å². The van der Waals surface area contributed by atoms with E-state index in [9.17, 15) is 0 Å². The minimum absolute atomic E-state index is 0.0451. The molecule has 0 saturated carbocycles. The van der Waals surface area contributed by atoms with Gasteiger partial charge in [0.1, 0.15) is 22.7 Å². The highest BCUT2D eigenvalue weighted by Gasteiger charge is 2.30. The number of aromatic nitrogens is 1. The molecule has 0 saturated heterocycles. The van der Waals surface area contributed by atoms with Gasteiger partial charge < -0.3 is 19.0 Å². The second-order valence-electron chi connectivity index (χ2n) is 18.2. The fourth-order valence-electron chi connectivity index (χ4n) is 9.04. The van der Waals surface area contributed by atoms with E-state index in [0.717, 1.165) is 94.7 Å². The van der Waals surface area contributed by atoms with Crippen molar-refractivity contribution in [3.8, 4) is 22.6 Å². The van der Waals surface area contributed by atoms with Crippen LogP contribution in [0.2, 0.25) is 0 Å². The third-order valence-corrected chi connectivity index (χ3v) is 12.3.